The molecule has 1 heterocycles. The van der Waals surface area contributed by atoms with Crippen molar-refractivity contribution in [3.63, 3.8) is 0 Å². The predicted molar refractivity (Wildman–Crippen MR) is 88.2 cm³/mol. The fraction of sp³-hybridized carbons (Fsp3) is 0.211. The van der Waals surface area contributed by atoms with Crippen molar-refractivity contribution in [3.8, 4) is 0 Å². The molecule has 112 valence electrons. The highest BCUT2D eigenvalue weighted by atomic mass is 16.3. The van der Waals surface area contributed by atoms with Crippen LogP contribution in [0.4, 0.5) is 0 Å². The molecule has 0 saturated heterocycles. The lowest BCUT2D eigenvalue weighted by molar-refractivity contribution is 0.0952. The maximum absolute atomic E-state index is 12.1. The van der Waals surface area contributed by atoms with Gasteiger partial charge in [0.25, 0.3) is 5.91 Å². The van der Waals surface area contributed by atoms with E-state index in [1.807, 2.05) is 26.0 Å². The Morgan fingerprint density at radius 2 is 1.82 bits per heavy atom. The second-order valence-electron chi connectivity index (χ2n) is 5.51. The van der Waals surface area contributed by atoms with Gasteiger partial charge in [-0.1, -0.05) is 42.5 Å². The van der Waals surface area contributed by atoms with Crippen molar-refractivity contribution in [1.82, 2.24) is 5.32 Å². The minimum atomic E-state index is -0.0739. The molecule has 0 aliphatic rings. The molecule has 0 atom stereocenters. The molecule has 0 aliphatic carbocycles. The van der Waals surface area contributed by atoms with E-state index >= 15 is 0 Å². The summed E-state index contributed by atoms with van der Waals surface area (Å²) in [6.45, 7) is 4.27. The van der Waals surface area contributed by atoms with Crippen molar-refractivity contribution in [2.75, 3.05) is 6.54 Å². The summed E-state index contributed by atoms with van der Waals surface area (Å²) in [5.41, 5.74) is 1.84. The Bertz CT molecular complexity index is 817. The molecule has 3 nitrogen and oxygen atoms in total. The largest absolute Gasteiger partial charge is 0.466 e. The molecule has 0 bridgehead atoms. The molecule has 0 radical (unpaired) electrons. The van der Waals surface area contributed by atoms with Crippen molar-refractivity contribution in [2.45, 2.75) is 20.3 Å². The Kier molecular flexibility index (Phi) is 3.96. The van der Waals surface area contributed by atoms with E-state index in [2.05, 4.69) is 35.6 Å². The van der Waals surface area contributed by atoms with Gasteiger partial charge in [0.15, 0.2) is 0 Å². The highest BCUT2D eigenvalue weighted by molar-refractivity contribution is 5.95. The number of hydrogen-bond donors (Lipinski definition) is 1. The van der Waals surface area contributed by atoms with Gasteiger partial charge in [-0.2, -0.15) is 0 Å². The van der Waals surface area contributed by atoms with E-state index in [4.69, 9.17) is 4.42 Å². The quantitative estimate of drug-likeness (QED) is 0.789. The van der Waals surface area contributed by atoms with Crippen LogP contribution in [-0.2, 0) is 6.42 Å². The van der Waals surface area contributed by atoms with E-state index in [0.717, 1.165) is 12.2 Å². The lowest BCUT2D eigenvalue weighted by Gasteiger charge is -2.06. The zero-order valence-electron chi connectivity index (χ0n) is 12.8. The third kappa shape index (κ3) is 3.03. The van der Waals surface area contributed by atoms with Gasteiger partial charge in [0.2, 0.25) is 0 Å². The van der Waals surface area contributed by atoms with Gasteiger partial charge in [0, 0.05) is 6.54 Å². The molecular formula is C19H19NO2. The smallest absolute Gasteiger partial charge is 0.254 e. The zero-order chi connectivity index (χ0) is 15.5. The van der Waals surface area contributed by atoms with Crippen LogP contribution in [0.1, 0.15) is 27.4 Å². The molecule has 3 rings (SSSR count). The predicted octanol–water partition coefficient (Wildman–Crippen LogP) is 4.02. The van der Waals surface area contributed by atoms with Gasteiger partial charge in [-0.25, -0.2) is 0 Å². The second-order valence-corrected chi connectivity index (χ2v) is 5.51. The Hall–Kier alpha value is -2.55. The normalized spacial score (nSPS) is 10.8. The molecule has 0 spiro atoms. The van der Waals surface area contributed by atoms with E-state index in [1.54, 1.807) is 6.07 Å². The second kappa shape index (κ2) is 6.06. The summed E-state index contributed by atoms with van der Waals surface area (Å²) in [5.74, 6) is 1.35. The molecule has 0 aliphatic heterocycles. The number of carbonyl (C=O) groups excluding carboxylic acids is 1. The molecule has 0 unspecified atom stereocenters. The van der Waals surface area contributed by atoms with Crippen molar-refractivity contribution >= 4 is 16.7 Å². The first-order valence-corrected chi connectivity index (χ1v) is 7.46. The highest BCUT2D eigenvalue weighted by Crippen LogP contribution is 2.16. The van der Waals surface area contributed by atoms with Gasteiger partial charge in [-0.15, -0.1) is 0 Å². The average Bonchev–Trinajstić information content (AvgIpc) is 2.86. The number of fused-ring (bicyclic) bond motifs is 1. The number of amides is 1. The number of benzene rings is 2. The third-order valence-corrected chi connectivity index (χ3v) is 3.80. The first kappa shape index (κ1) is 14.4. The number of rotatable bonds is 4. The summed E-state index contributed by atoms with van der Waals surface area (Å²) >= 11 is 0. The third-order valence-electron chi connectivity index (χ3n) is 3.80. The Balaban J connectivity index is 1.62. The van der Waals surface area contributed by atoms with E-state index in [9.17, 15) is 4.79 Å². The number of hydrogen-bond acceptors (Lipinski definition) is 2. The SMILES string of the molecule is Cc1cc(C(=O)NCCc2ccc3ccccc3c2)c(C)o1. The maximum atomic E-state index is 12.1. The first-order valence-electron chi connectivity index (χ1n) is 7.46. The lowest BCUT2D eigenvalue weighted by atomic mass is 10.1. The molecule has 1 aromatic heterocycles. The van der Waals surface area contributed by atoms with Crippen molar-refractivity contribution in [2.24, 2.45) is 0 Å². The first-order chi connectivity index (χ1) is 10.6. The van der Waals surface area contributed by atoms with Crippen LogP contribution in [0, 0.1) is 13.8 Å². The Labute approximate surface area is 130 Å². The molecule has 3 aromatic rings. The van der Waals surface area contributed by atoms with Gasteiger partial charge < -0.3 is 9.73 Å². The van der Waals surface area contributed by atoms with Crippen LogP contribution in [0.5, 0.6) is 0 Å². The van der Waals surface area contributed by atoms with Gasteiger partial charge in [-0.3, -0.25) is 4.79 Å². The van der Waals surface area contributed by atoms with E-state index in [-0.39, 0.29) is 5.91 Å². The molecule has 1 N–H and O–H groups in total. The van der Waals surface area contributed by atoms with Crippen LogP contribution < -0.4 is 5.32 Å². The summed E-state index contributed by atoms with van der Waals surface area (Å²) in [7, 11) is 0. The summed E-state index contributed by atoms with van der Waals surface area (Å²) < 4.78 is 5.39. The fourth-order valence-electron chi connectivity index (χ4n) is 2.67. The van der Waals surface area contributed by atoms with Crippen LogP contribution in [0.15, 0.2) is 52.9 Å². The molecule has 1 amide bonds. The Morgan fingerprint density at radius 3 is 2.55 bits per heavy atom. The summed E-state index contributed by atoms with van der Waals surface area (Å²) in [5, 5.41) is 5.42. The Morgan fingerprint density at radius 1 is 1.05 bits per heavy atom. The number of aryl methyl sites for hydroxylation is 2. The number of nitrogens with one attached hydrogen (secondary N) is 1. The van der Waals surface area contributed by atoms with Crippen LogP contribution in [0.3, 0.4) is 0 Å². The molecule has 0 fully saturated rings. The fourth-order valence-corrected chi connectivity index (χ4v) is 2.67. The monoisotopic (exact) mass is 293 g/mol. The van der Waals surface area contributed by atoms with Crippen molar-refractivity contribution in [1.29, 1.82) is 0 Å². The topological polar surface area (TPSA) is 42.2 Å². The zero-order valence-corrected chi connectivity index (χ0v) is 12.8. The summed E-state index contributed by atoms with van der Waals surface area (Å²) in [6, 6.07) is 16.5. The van der Waals surface area contributed by atoms with Crippen LogP contribution in [0.25, 0.3) is 10.8 Å². The van der Waals surface area contributed by atoms with Gasteiger partial charge in [-0.05, 0) is 42.7 Å². The van der Waals surface area contributed by atoms with Crippen molar-refractivity contribution < 1.29 is 9.21 Å². The van der Waals surface area contributed by atoms with Gasteiger partial charge in [0.1, 0.15) is 11.5 Å². The van der Waals surface area contributed by atoms with E-state index in [0.29, 0.717) is 17.9 Å². The number of furan rings is 1. The van der Waals surface area contributed by atoms with Gasteiger partial charge >= 0.3 is 0 Å². The average molecular weight is 293 g/mol. The molecule has 22 heavy (non-hydrogen) atoms. The standard InChI is InChI=1S/C19H19NO2/c1-13-11-18(14(2)22-13)19(21)20-10-9-15-7-8-16-5-3-4-6-17(16)12-15/h3-8,11-12H,9-10H2,1-2H3,(H,20,21). The molecule has 2 aromatic carbocycles. The van der Waals surface area contributed by atoms with Crippen molar-refractivity contribution in [3.05, 3.63) is 71.2 Å². The summed E-state index contributed by atoms with van der Waals surface area (Å²) in [4.78, 5) is 12.1. The summed E-state index contributed by atoms with van der Waals surface area (Å²) in [6.07, 6.45) is 0.812. The molecule has 3 heteroatoms. The highest BCUT2D eigenvalue weighted by Gasteiger charge is 2.12. The van der Waals surface area contributed by atoms with Gasteiger partial charge in [0.05, 0.1) is 5.56 Å². The minimum Gasteiger partial charge on any atom is -0.466 e. The molecular weight excluding hydrogens is 274 g/mol. The van der Waals surface area contributed by atoms with Crippen LogP contribution >= 0.6 is 0 Å². The maximum Gasteiger partial charge on any atom is 0.254 e. The minimum absolute atomic E-state index is 0.0739. The lowest BCUT2D eigenvalue weighted by Crippen LogP contribution is -2.25. The van der Waals surface area contributed by atoms with E-state index < -0.39 is 0 Å². The van der Waals surface area contributed by atoms with Crippen LogP contribution in [-0.4, -0.2) is 12.5 Å². The number of carbonyl (C=O) groups is 1. The molecule has 0 saturated carbocycles. The van der Waals surface area contributed by atoms with E-state index in [1.165, 1.54) is 16.3 Å². The van der Waals surface area contributed by atoms with Crippen LogP contribution in [0.2, 0.25) is 0 Å².